The summed E-state index contributed by atoms with van der Waals surface area (Å²) in [7, 11) is 0. The Morgan fingerprint density at radius 1 is 1.11 bits per heavy atom. The minimum absolute atomic E-state index is 0.0580. The smallest absolute Gasteiger partial charge is 0.243 e. The lowest BCUT2D eigenvalue weighted by Gasteiger charge is -2.22. The van der Waals surface area contributed by atoms with E-state index >= 15 is 0 Å². The molecule has 1 aromatic heterocycles. The molecular formula is C23H23ClN2O. The van der Waals surface area contributed by atoms with Gasteiger partial charge in [-0.05, 0) is 79.6 Å². The predicted molar refractivity (Wildman–Crippen MR) is 112 cm³/mol. The molecule has 0 saturated heterocycles. The lowest BCUT2D eigenvalue weighted by molar-refractivity contribution is -0.116. The number of halogens is 1. The second kappa shape index (κ2) is 7.32. The molecule has 0 spiro atoms. The number of hydrogen-bond donors (Lipinski definition) is 0. The quantitative estimate of drug-likeness (QED) is 0.591. The van der Waals surface area contributed by atoms with Crippen LogP contribution in [0.4, 0.5) is 5.82 Å². The summed E-state index contributed by atoms with van der Waals surface area (Å²) in [6.45, 7) is 4.72. The third-order valence-electron chi connectivity index (χ3n) is 5.36. The van der Waals surface area contributed by atoms with Crippen LogP contribution in [0.1, 0.15) is 34.2 Å². The van der Waals surface area contributed by atoms with Crippen molar-refractivity contribution in [1.82, 2.24) is 4.98 Å². The molecule has 1 amide bonds. The van der Waals surface area contributed by atoms with Gasteiger partial charge in [-0.3, -0.25) is 9.69 Å². The molecule has 0 radical (unpaired) electrons. The number of alkyl halides is 1. The maximum Gasteiger partial charge on any atom is 0.243 e. The third kappa shape index (κ3) is 3.57. The number of pyridine rings is 1. The highest BCUT2D eigenvalue weighted by atomic mass is 35.5. The average molecular weight is 379 g/mol. The molecule has 0 bridgehead atoms. The lowest BCUT2D eigenvalue weighted by atomic mass is 10.0. The molecule has 3 aromatic rings. The van der Waals surface area contributed by atoms with E-state index in [9.17, 15) is 4.79 Å². The normalized spacial score (nSPS) is 13.0. The molecule has 1 aliphatic rings. The molecule has 0 atom stereocenters. The molecule has 1 aliphatic carbocycles. The van der Waals surface area contributed by atoms with E-state index in [0.29, 0.717) is 12.4 Å². The number of fused-ring (bicyclic) bond motifs is 2. The number of carbonyl (C=O) groups excluding carboxylic acids is 1. The van der Waals surface area contributed by atoms with E-state index in [1.54, 1.807) is 4.90 Å². The summed E-state index contributed by atoms with van der Waals surface area (Å²) >= 11 is 5.91. The summed E-state index contributed by atoms with van der Waals surface area (Å²) in [6.07, 6.45) is 3.51. The van der Waals surface area contributed by atoms with Gasteiger partial charge in [0.1, 0.15) is 11.7 Å². The number of carbonyl (C=O) groups is 1. The highest BCUT2D eigenvalue weighted by Gasteiger charge is 2.20. The van der Waals surface area contributed by atoms with Crippen LogP contribution in [-0.2, 0) is 24.2 Å². The first-order chi connectivity index (χ1) is 13.0. The SMILES string of the molecule is Cc1ccc2nc(N(Cc3cc(C)c4c(c3)CCC4)C(=O)CCl)ccc2c1. The van der Waals surface area contributed by atoms with E-state index in [-0.39, 0.29) is 11.8 Å². The van der Waals surface area contributed by atoms with E-state index in [0.717, 1.165) is 29.3 Å². The lowest BCUT2D eigenvalue weighted by Crippen LogP contribution is -2.32. The molecule has 4 heteroatoms. The summed E-state index contributed by atoms with van der Waals surface area (Å²) in [5, 5.41) is 1.07. The van der Waals surface area contributed by atoms with Crippen molar-refractivity contribution < 1.29 is 4.79 Å². The van der Waals surface area contributed by atoms with E-state index in [1.165, 1.54) is 28.7 Å². The Morgan fingerprint density at radius 2 is 1.96 bits per heavy atom. The van der Waals surface area contributed by atoms with Crippen molar-refractivity contribution in [3.8, 4) is 0 Å². The van der Waals surface area contributed by atoms with Gasteiger partial charge in [-0.15, -0.1) is 11.6 Å². The monoisotopic (exact) mass is 378 g/mol. The van der Waals surface area contributed by atoms with E-state index < -0.39 is 0 Å². The van der Waals surface area contributed by atoms with Crippen molar-refractivity contribution in [1.29, 1.82) is 0 Å². The summed E-state index contributed by atoms with van der Waals surface area (Å²) in [6, 6.07) is 14.5. The van der Waals surface area contributed by atoms with Gasteiger partial charge in [0.15, 0.2) is 0 Å². The largest absolute Gasteiger partial charge is 0.291 e. The number of nitrogens with zero attached hydrogens (tertiary/aromatic N) is 2. The van der Waals surface area contributed by atoms with Crippen molar-refractivity contribution >= 4 is 34.2 Å². The molecule has 0 unspecified atom stereocenters. The van der Waals surface area contributed by atoms with Gasteiger partial charge in [0.05, 0.1) is 12.1 Å². The Labute approximate surface area is 165 Å². The minimum atomic E-state index is -0.131. The van der Waals surface area contributed by atoms with Gasteiger partial charge in [0.2, 0.25) is 5.91 Å². The number of aromatic nitrogens is 1. The number of benzene rings is 2. The van der Waals surface area contributed by atoms with Gasteiger partial charge in [-0.2, -0.15) is 0 Å². The fourth-order valence-electron chi connectivity index (χ4n) is 4.03. The fraction of sp³-hybridized carbons (Fsp3) is 0.304. The average Bonchev–Trinajstić information content (AvgIpc) is 3.14. The van der Waals surface area contributed by atoms with E-state index in [2.05, 4.69) is 32.0 Å². The van der Waals surface area contributed by atoms with Crippen molar-refractivity contribution in [3.05, 3.63) is 70.3 Å². The van der Waals surface area contributed by atoms with E-state index in [4.69, 9.17) is 16.6 Å². The highest BCUT2D eigenvalue weighted by molar-refractivity contribution is 6.29. The molecule has 0 fully saturated rings. The van der Waals surface area contributed by atoms with Crippen LogP contribution < -0.4 is 4.90 Å². The van der Waals surface area contributed by atoms with Crippen molar-refractivity contribution in [2.45, 2.75) is 39.7 Å². The first-order valence-electron chi connectivity index (χ1n) is 9.40. The van der Waals surface area contributed by atoms with Gasteiger partial charge in [-0.1, -0.05) is 23.8 Å². The molecular weight excluding hydrogens is 356 g/mol. The van der Waals surface area contributed by atoms with Gasteiger partial charge in [0, 0.05) is 5.39 Å². The standard InChI is InChI=1S/C23H23ClN2O/c1-15-6-8-21-19(10-15)7-9-22(25-21)26(23(27)13-24)14-17-11-16(2)20-5-3-4-18(20)12-17/h6-12H,3-5,13-14H2,1-2H3. The van der Waals surface area contributed by atoms with Crippen LogP contribution in [0, 0.1) is 13.8 Å². The summed E-state index contributed by atoms with van der Waals surface area (Å²) in [5.41, 5.74) is 7.44. The third-order valence-corrected chi connectivity index (χ3v) is 5.59. The maximum absolute atomic E-state index is 12.6. The summed E-state index contributed by atoms with van der Waals surface area (Å²) in [5.74, 6) is 0.460. The highest BCUT2D eigenvalue weighted by Crippen LogP contribution is 2.28. The van der Waals surface area contributed by atoms with Crippen LogP contribution in [0.5, 0.6) is 0 Å². The van der Waals surface area contributed by atoms with Crippen LogP contribution in [0.25, 0.3) is 10.9 Å². The molecule has 1 heterocycles. The van der Waals surface area contributed by atoms with Crippen LogP contribution in [-0.4, -0.2) is 16.8 Å². The topological polar surface area (TPSA) is 33.2 Å². The molecule has 4 rings (SSSR count). The Morgan fingerprint density at radius 3 is 2.78 bits per heavy atom. The Bertz CT molecular complexity index is 1030. The Hall–Kier alpha value is -2.39. The Kier molecular flexibility index (Phi) is 4.88. The second-order valence-corrected chi connectivity index (χ2v) is 7.65. The van der Waals surface area contributed by atoms with Crippen molar-refractivity contribution in [2.75, 3.05) is 10.8 Å². The minimum Gasteiger partial charge on any atom is -0.291 e. The van der Waals surface area contributed by atoms with Crippen molar-refractivity contribution in [2.24, 2.45) is 0 Å². The van der Waals surface area contributed by atoms with Crippen LogP contribution >= 0.6 is 11.6 Å². The zero-order valence-corrected chi connectivity index (χ0v) is 16.5. The molecule has 0 N–H and O–H groups in total. The van der Waals surface area contributed by atoms with Gasteiger partial charge < -0.3 is 0 Å². The number of rotatable bonds is 4. The molecule has 27 heavy (non-hydrogen) atoms. The first-order valence-corrected chi connectivity index (χ1v) is 9.93. The molecule has 0 aliphatic heterocycles. The zero-order valence-electron chi connectivity index (χ0n) is 15.8. The van der Waals surface area contributed by atoms with Crippen LogP contribution in [0.2, 0.25) is 0 Å². The molecule has 0 saturated carbocycles. The summed E-state index contributed by atoms with van der Waals surface area (Å²) < 4.78 is 0. The van der Waals surface area contributed by atoms with E-state index in [1.807, 2.05) is 24.3 Å². The van der Waals surface area contributed by atoms with Crippen LogP contribution in [0.15, 0.2) is 42.5 Å². The van der Waals surface area contributed by atoms with Gasteiger partial charge in [0.25, 0.3) is 0 Å². The number of hydrogen-bond acceptors (Lipinski definition) is 2. The van der Waals surface area contributed by atoms with Gasteiger partial charge in [-0.25, -0.2) is 4.98 Å². The Balaban J connectivity index is 1.71. The number of anilines is 1. The zero-order chi connectivity index (χ0) is 19.0. The summed E-state index contributed by atoms with van der Waals surface area (Å²) in [4.78, 5) is 19.0. The molecule has 3 nitrogen and oxygen atoms in total. The predicted octanol–water partition coefficient (Wildman–Crippen LogP) is 5.11. The number of aryl methyl sites for hydroxylation is 3. The number of amides is 1. The molecule has 138 valence electrons. The second-order valence-electron chi connectivity index (χ2n) is 7.38. The van der Waals surface area contributed by atoms with Crippen LogP contribution in [0.3, 0.4) is 0 Å². The first kappa shape index (κ1) is 18.0. The molecule has 2 aromatic carbocycles. The van der Waals surface area contributed by atoms with Crippen molar-refractivity contribution in [3.63, 3.8) is 0 Å². The fourth-order valence-corrected chi connectivity index (χ4v) is 4.18. The maximum atomic E-state index is 12.6. The van der Waals surface area contributed by atoms with Gasteiger partial charge >= 0.3 is 0 Å².